The molecule has 1 fully saturated rings. The summed E-state index contributed by atoms with van der Waals surface area (Å²) in [7, 11) is 0. The molecule has 3 nitrogen and oxygen atoms in total. The zero-order valence-corrected chi connectivity index (χ0v) is 12.5. The highest BCUT2D eigenvalue weighted by atomic mass is 32.2. The van der Waals surface area contributed by atoms with E-state index in [1.807, 2.05) is 4.68 Å². The molecule has 1 aromatic rings. The van der Waals surface area contributed by atoms with Crippen LogP contribution < -0.4 is 5.32 Å². The second-order valence-corrected chi connectivity index (χ2v) is 6.81. The fourth-order valence-corrected chi connectivity index (χ4v) is 3.79. The van der Waals surface area contributed by atoms with Crippen LogP contribution in [-0.2, 0) is 6.54 Å². The standard InChI is InChI=1S/C14H25N3S/c1-4-18-14-7-5-6-13(14)15-10-12-8-9-17(16-12)11(2)3/h8-9,11,13-15H,4-7,10H2,1-3H3. The number of hydrogen-bond donors (Lipinski definition) is 1. The van der Waals surface area contributed by atoms with E-state index in [9.17, 15) is 0 Å². The molecule has 0 amide bonds. The highest BCUT2D eigenvalue weighted by Crippen LogP contribution is 2.29. The number of nitrogens with zero attached hydrogens (tertiary/aromatic N) is 2. The van der Waals surface area contributed by atoms with Crippen molar-refractivity contribution in [1.82, 2.24) is 15.1 Å². The van der Waals surface area contributed by atoms with Crippen molar-refractivity contribution in [1.29, 1.82) is 0 Å². The Kier molecular flexibility index (Phi) is 5.13. The molecule has 1 heterocycles. The van der Waals surface area contributed by atoms with Gasteiger partial charge in [-0.1, -0.05) is 13.3 Å². The summed E-state index contributed by atoms with van der Waals surface area (Å²) >= 11 is 2.10. The SMILES string of the molecule is CCSC1CCCC1NCc1ccn(C(C)C)n1. The minimum absolute atomic E-state index is 0.452. The molecule has 102 valence electrons. The number of nitrogens with one attached hydrogen (secondary N) is 1. The van der Waals surface area contributed by atoms with Crippen LogP contribution in [0.3, 0.4) is 0 Å². The predicted octanol–water partition coefficient (Wildman–Crippen LogP) is 3.23. The van der Waals surface area contributed by atoms with Crippen molar-refractivity contribution < 1.29 is 0 Å². The summed E-state index contributed by atoms with van der Waals surface area (Å²) in [4.78, 5) is 0. The number of hydrogen-bond acceptors (Lipinski definition) is 3. The third-order valence-corrected chi connectivity index (χ3v) is 4.90. The molecule has 2 unspecified atom stereocenters. The van der Waals surface area contributed by atoms with Crippen LogP contribution >= 0.6 is 11.8 Å². The molecule has 2 rings (SSSR count). The molecule has 1 aliphatic carbocycles. The fourth-order valence-electron chi connectivity index (χ4n) is 2.57. The van der Waals surface area contributed by atoms with Crippen LogP contribution in [0.25, 0.3) is 0 Å². The average Bonchev–Trinajstić information content (AvgIpc) is 2.95. The first kappa shape index (κ1) is 13.9. The molecular formula is C14H25N3S. The third-order valence-electron chi connectivity index (χ3n) is 3.57. The van der Waals surface area contributed by atoms with Crippen LogP contribution in [0.5, 0.6) is 0 Å². The Hall–Kier alpha value is -0.480. The van der Waals surface area contributed by atoms with Crippen LogP contribution in [0.2, 0.25) is 0 Å². The summed E-state index contributed by atoms with van der Waals surface area (Å²) in [6.45, 7) is 7.49. The highest BCUT2D eigenvalue weighted by Gasteiger charge is 2.26. The van der Waals surface area contributed by atoms with Crippen LogP contribution in [0.4, 0.5) is 0 Å². The lowest BCUT2D eigenvalue weighted by Gasteiger charge is -2.19. The molecule has 1 N–H and O–H groups in total. The lowest BCUT2D eigenvalue weighted by atomic mass is 10.2. The van der Waals surface area contributed by atoms with Crippen molar-refractivity contribution in [3.63, 3.8) is 0 Å². The van der Waals surface area contributed by atoms with Crippen molar-refractivity contribution in [3.05, 3.63) is 18.0 Å². The average molecular weight is 267 g/mol. The molecule has 4 heteroatoms. The van der Waals surface area contributed by atoms with E-state index in [2.05, 4.69) is 55.2 Å². The smallest absolute Gasteiger partial charge is 0.0762 e. The van der Waals surface area contributed by atoms with Gasteiger partial charge in [0.05, 0.1) is 5.69 Å². The van der Waals surface area contributed by atoms with Crippen molar-refractivity contribution in [2.45, 2.75) is 63.9 Å². The van der Waals surface area contributed by atoms with Gasteiger partial charge < -0.3 is 5.32 Å². The van der Waals surface area contributed by atoms with Crippen molar-refractivity contribution in [2.24, 2.45) is 0 Å². The van der Waals surface area contributed by atoms with Crippen molar-refractivity contribution in [3.8, 4) is 0 Å². The Labute approximate surface area is 115 Å². The zero-order chi connectivity index (χ0) is 13.0. The second kappa shape index (κ2) is 6.62. The van der Waals surface area contributed by atoms with Gasteiger partial charge in [-0.05, 0) is 38.5 Å². The molecule has 0 spiro atoms. The predicted molar refractivity (Wildman–Crippen MR) is 79.0 cm³/mol. The normalized spacial score (nSPS) is 24.0. The maximum atomic E-state index is 4.59. The molecule has 2 atom stereocenters. The van der Waals surface area contributed by atoms with Gasteiger partial charge in [-0.3, -0.25) is 4.68 Å². The molecular weight excluding hydrogens is 242 g/mol. The topological polar surface area (TPSA) is 29.9 Å². The molecule has 0 radical (unpaired) electrons. The highest BCUT2D eigenvalue weighted by molar-refractivity contribution is 7.99. The first-order chi connectivity index (χ1) is 8.70. The van der Waals surface area contributed by atoms with Crippen molar-refractivity contribution >= 4 is 11.8 Å². The monoisotopic (exact) mass is 267 g/mol. The largest absolute Gasteiger partial charge is 0.307 e. The van der Waals surface area contributed by atoms with E-state index in [0.717, 1.165) is 17.5 Å². The number of rotatable bonds is 6. The maximum Gasteiger partial charge on any atom is 0.0762 e. The van der Waals surface area contributed by atoms with E-state index < -0.39 is 0 Å². The van der Waals surface area contributed by atoms with Gasteiger partial charge in [-0.25, -0.2) is 0 Å². The van der Waals surface area contributed by atoms with Gasteiger partial charge in [0.25, 0.3) is 0 Å². The van der Waals surface area contributed by atoms with E-state index in [4.69, 9.17) is 0 Å². The van der Waals surface area contributed by atoms with E-state index in [-0.39, 0.29) is 0 Å². The summed E-state index contributed by atoms with van der Waals surface area (Å²) in [5.41, 5.74) is 1.16. The number of aromatic nitrogens is 2. The molecule has 18 heavy (non-hydrogen) atoms. The van der Waals surface area contributed by atoms with E-state index in [1.54, 1.807) is 0 Å². The lowest BCUT2D eigenvalue weighted by molar-refractivity contribution is 0.500. The zero-order valence-electron chi connectivity index (χ0n) is 11.7. The molecule has 0 bridgehead atoms. The third kappa shape index (κ3) is 3.51. The lowest BCUT2D eigenvalue weighted by Crippen LogP contribution is -2.33. The van der Waals surface area contributed by atoms with E-state index in [0.29, 0.717) is 12.1 Å². The Morgan fingerprint density at radius 3 is 3.00 bits per heavy atom. The van der Waals surface area contributed by atoms with E-state index >= 15 is 0 Å². The summed E-state index contributed by atoms with van der Waals surface area (Å²) in [6.07, 6.45) is 6.14. The first-order valence-corrected chi connectivity index (χ1v) is 8.14. The van der Waals surface area contributed by atoms with Gasteiger partial charge >= 0.3 is 0 Å². The summed E-state index contributed by atoms with van der Waals surface area (Å²) < 4.78 is 2.03. The summed E-state index contributed by atoms with van der Waals surface area (Å²) in [5.74, 6) is 1.23. The molecule has 1 saturated carbocycles. The summed E-state index contributed by atoms with van der Waals surface area (Å²) in [5, 5.41) is 9.09. The first-order valence-electron chi connectivity index (χ1n) is 7.09. The molecule has 0 aliphatic heterocycles. The van der Waals surface area contributed by atoms with Crippen LogP contribution in [-0.4, -0.2) is 26.8 Å². The van der Waals surface area contributed by atoms with Gasteiger partial charge in [-0.2, -0.15) is 16.9 Å². The van der Waals surface area contributed by atoms with Gasteiger partial charge in [0.15, 0.2) is 0 Å². The molecule has 0 saturated heterocycles. The maximum absolute atomic E-state index is 4.59. The van der Waals surface area contributed by atoms with Gasteiger partial charge in [0.1, 0.15) is 0 Å². The van der Waals surface area contributed by atoms with Gasteiger partial charge in [0.2, 0.25) is 0 Å². The fraction of sp³-hybridized carbons (Fsp3) is 0.786. The van der Waals surface area contributed by atoms with Crippen molar-refractivity contribution in [2.75, 3.05) is 5.75 Å². The molecule has 0 aromatic carbocycles. The Bertz CT molecular complexity index is 362. The summed E-state index contributed by atoms with van der Waals surface area (Å²) in [6, 6.07) is 3.26. The molecule has 1 aromatic heterocycles. The Morgan fingerprint density at radius 2 is 2.33 bits per heavy atom. The second-order valence-electron chi connectivity index (χ2n) is 5.29. The number of thioether (sulfide) groups is 1. The van der Waals surface area contributed by atoms with Gasteiger partial charge in [0, 0.05) is 30.1 Å². The van der Waals surface area contributed by atoms with E-state index in [1.165, 1.54) is 25.0 Å². The van der Waals surface area contributed by atoms with Crippen LogP contribution in [0.1, 0.15) is 51.8 Å². The van der Waals surface area contributed by atoms with Crippen LogP contribution in [0, 0.1) is 0 Å². The Morgan fingerprint density at radius 1 is 1.50 bits per heavy atom. The minimum Gasteiger partial charge on any atom is -0.307 e. The Balaban J connectivity index is 1.83. The van der Waals surface area contributed by atoms with Crippen LogP contribution in [0.15, 0.2) is 12.3 Å². The quantitative estimate of drug-likeness (QED) is 0.858. The van der Waals surface area contributed by atoms with Gasteiger partial charge in [-0.15, -0.1) is 0 Å². The minimum atomic E-state index is 0.452. The molecule has 1 aliphatic rings.